The summed E-state index contributed by atoms with van der Waals surface area (Å²) >= 11 is 5.73. The maximum Gasteiger partial charge on any atom is 0.331 e. The number of carbonyl (C=O) groups is 2. The quantitative estimate of drug-likeness (QED) is 0.451. The van der Waals surface area contributed by atoms with Crippen LogP contribution in [0.2, 0.25) is 5.02 Å². The van der Waals surface area contributed by atoms with Crippen LogP contribution in [0.4, 0.5) is 4.39 Å². The molecule has 4 nitrogen and oxygen atoms in total. The van der Waals surface area contributed by atoms with Gasteiger partial charge in [0.2, 0.25) is 0 Å². The molecule has 6 heteroatoms. The highest BCUT2D eigenvalue weighted by molar-refractivity contribution is 6.30. The first-order valence-electron chi connectivity index (χ1n) is 6.97. The van der Waals surface area contributed by atoms with E-state index < -0.39 is 11.8 Å². The van der Waals surface area contributed by atoms with Gasteiger partial charge in [0.05, 0.1) is 7.11 Å². The molecule has 2 rings (SSSR count). The molecule has 0 N–H and O–H groups in total. The van der Waals surface area contributed by atoms with Crippen molar-refractivity contribution in [3.8, 4) is 5.75 Å². The molecule has 0 aliphatic rings. The summed E-state index contributed by atoms with van der Waals surface area (Å²) < 4.78 is 23.2. The molecule has 0 fully saturated rings. The van der Waals surface area contributed by atoms with Gasteiger partial charge in [0.25, 0.3) is 0 Å². The molecule has 0 heterocycles. The Morgan fingerprint density at radius 1 is 1.17 bits per heavy atom. The van der Waals surface area contributed by atoms with Crippen LogP contribution in [-0.4, -0.2) is 25.5 Å². The molecule has 2 aromatic carbocycles. The summed E-state index contributed by atoms with van der Waals surface area (Å²) in [5.74, 6) is -1.47. The summed E-state index contributed by atoms with van der Waals surface area (Å²) in [6, 6.07) is 10.5. The first kappa shape index (κ1) is 17.7. The van der Waals surface area contributed by atoms with Crippen molar-refractivity contribution in [2.45, 2.75) is 0 Å². The van der Waals surface area contributed by atoms with Gasteiger partial charge in [0.15, 0.2) is 24.0 Å². The molecule has 0 saturated carbocycles. The fourth-order valence-electron chi connectivity index (χ4n) is 1.85. The summed E-state index contributed by atoms with van der Waals surface area (Å²) in [4.78, 5) is 23.5. The molecule has 24 heavy (non-hydrogen) atoms. The third-order valence-corrected chi connectivity index (χ3v) is 3.35. The maximum absolute atomic E-state index is 13.5. The van der Waals surface area contributed by atoms with E-state index in [4.69, 9.17) is 21.1 Å². The normalized spacial score (nSPS) is 10.6. The SMILES string of the molecule is COc1ccc(/C=C/C(=O)OCC(=O)c2ccc(Cl)cc2)cc1F. The molecular formula is C18H14ClFO4. The smallest absolute Gasteiger partial charge is 0.331 e. The van der Waals surface area contributed by atoms with Crippen LogP contribution in [0.25, 0.3) is 6.08 Å². The van der Waals surface area contributed by atoms with Gasteiger partial charge in [0, 0.05) is 16.7 Å². The van der Waals surface area contributed by atoms with Crippen LogP contribution in [0.5, 0.6) is 5.75 Å². The molecule has 2 aromatic rings. The predicted molar refractivity (Wildman–Crippen MR) is 88.7 cm³/mol. The second kappa shape index (κ2) is 8.26. The highest BCUT2D eigenvalue weighted by Gasteiger charge is 2.08. The molecule has 0 atom stereocenters. The Morgan fingerprint density at radius 3 is 2.50 bits per heavy atom. The van der Waals surface area contributed by atoms with Crippen LogP contribution in [0.3, 0.4) is 0 Å². The van der Waals surface area contributed by atoms with Crippen molar-refractivity contribution in [3.63, 3.8) is 0 Å². The standard InChI is InChI=1S/C18H14ClFO4/c1-23-17-8-2-12(10-15(17)20)3-9-18(22)24-11-16(21)13-4-6-14(19)7-5-13/h2-10H,11H2,1H3/b9-3+. The van der Waals surface area contributed by atoms with Crippen molar-refractivity contribution in [1.29, 1.82) is 0 Å². The number of hydrogen-bond acceptors (Lipinski definition) is 4. The lowest BCUT2D eigenvalue weighted by Gasteiger charge is -2.03. The minimum atomic E-state index is -0.700. The molecule has 0 aliphatic heterocycles. The van der Waals surface area contributed by atoms with Gasteiger partial charge < -0.3 is 9.47 Å². The summed E-state index contributed by atoms with van der Waals surface area (Å²) in [6.07, 6.45) is 2.51. The van der Waals surface area contributed by atoms with E-state index in [0.29, 0.717) is 16.1 Å². The van der Waals surface area contributed by atoms with Gasteiger partial charge in [-0.2, -0.15) is 0 Å². The van der Waals surface area contributed by atoms with Crippen LogP contribution in [0.15, 0.2) is 48.5 Å². The molecule has 0 aliphatic carbocycles. The zero-order chi connectivity index (χ0) is 17.5. The molecule has 0 spiro atoms. The highest BCUT2D eigenvalue weighted by atomic mass is 35.5. The topological polar surface area (TPSA) is 52.6 Å². The molecule has 124 valence electrons. The number of Topliss-reactive ketones (excluding diaryl/α,β-unsaturated/α-hetero) is 1. The van der Waals surface area contributed by atoms with E-state index >= 15 is 0 Å². The van der Waals surface area contributed by atoms with Crippen LogP contribution >= 0.6 is 11.6 Å². The lowest BCUT2D eigenvalue weighted by atomic mass is 10.1. The Balaban J connectivity index is 1.89. The molecule has 0 amide bonds. The number of ether oxygens (including phenoxy) is 2. The second-order valence-corrected chi connectivity index (χ2v) is 5.20. The van der Waals surface area contributed by atoms with Gasteiger partial charge in [-0.3, -0.25) is 4.79 Å². The molecule has 0 saturated heterocycles. The van der Waals surface area contributed by atoms with Crippen molar-refractivity contribution in [1.82, 2.24) is 0 Å². The van der Waals surface area contributed by atoms with Crippen molar-refractivity contribution in [2.75, 3.05) is 13.7 Å². The summed E-state index contributed by atoms with van der Waals surface area (Å²) in [5, 5.41) is 0.512. The van der Waals surface area contributed by atoms with E-state index in [-0.39, 0.29) is 18.1 Å². The fraction of sp³-hybridized carbons (Fsp3) is 0.111. The van der Waals surface area contributed by atoms with Crippen LogP contribution in [-0.2, 0) is 9.53 Å². The summed E-state index contributed by atoms with van der Waals surface area (Å²) in [5.41, 5.74) is 0.864. The fourth-order valence-corrected chi connectivity index (χ4v) is 1.98. The number of benzene rings is 2. The third kappa shape index (κ3) is 4.93. The van der Waals surface area contributed by atoms with Crippen LogP contribution < -0.4 is 4.74 Å². The van der Waals surface area contributed by atoms with Gasteiger partial charge in [-0.25, -0.2) is 9.18 Å². The van der Waals surface area contributed by atoms with Crippen LogP contribution in [0.1, 0.15) is 15.9 Å². The van der Waals surface area contributed by atoms with Crippen LogP contribution in [0, 0.1) is 5.82 Å². The Kier molecular flexibility index (Phi) is 6.09. The zero-order valence-corrected chi connectivity index (χ0v) is 13.5. The van der Waals surface area contributed by atoms with Crippen molar-refractivity contribution >= 4 is 29.4 Å². The number of methoxy groups -OCH3 is 1. The number of esters is 1. The average molecular weight is 349 g/mol. The van der Waals surface area contributed by atoms with Gasteiger partial charge in [-0.05, 0) is 48.0 Å². The molecular weight excluding hydrogens is 335 g/mol. The lowest BCUT2D eigenvalue weighted by molar-refractivity contribution is -0.136. The summed E-state index contributed by atoms with van der Waals surface area (Å²) in [7, 11) is 1.36. The molecule has 0 aromatic heterocycles. The molecule has 0 bridgehead atoms. The number of rotatable bonds is 6. The predicted octanol–water partition coefficient (Wildman–Crippen LogP) is 3.93. The monoisotopic (exact) mass is 348 g/mol. The number of halogens is 2. The number of carbonyl (C=O) groups excluding carboxylic acids is 2. The molecule has 0 radical (unpaired) electrons. The Hall–Kier alpha value is -2.66. The van der Waals surface area contributed by atoms with Gasteiger partial charge in [0.1, 0.15) is 0 Å². The minimum Gasteiger partial charge on any atom is -0.494 e. The first-order valence-corrected chi connectivity index (χ1v) is 7.34. The Labute approximate surface area is 143 Å². The lowest BCUT2D eigenvalue weighted by Crippen LogP contribution is -2.12. The number of hydrogen-bond donors (Lipinski definition) is 0. The largest absolute Gasteiger partial charge is 0.494 e. The Bertz CT molecular complexity index is 769. The highest BCUT2D eigenvalue weighted by Crippen LogP contribution is 2.18. The van der Waals surface area contributed by atoms with Gasteiger partial charge in [-0.15, -0.1) is 0 Å². The van der Waals surface area contributed by atoms with E-state index in [1.807, 2.05) is 0 Å². The zero-order valence-electron chi connectivity index (χ0n) is 12.8. The van der Waals surface area contributed by atoms with Crippen molar-refractivity contribution in [2.24, 2.45) is 0 Å². The second-order valence-electron chi connectivity index (χ2n) is 4.77. The van der Waals surface area contributed by atoms with E-state index in [9.17, 15) is 14.0 Å². The number of ketones is 1. The van der Waals surface area contributed by atoms with E-state index in [0.717, 1.165) is 6.08 Å². The maximum atomic E-state index is 13.5. The Morgan fingerprint density at radius 2 is 1.88 bits per heavy atom. The minimum absolute atomic E-state index is 0.114. The summed E-state index contributed by atoms with van der Waals surface area (Å²) in [6.45, 7) is -0.387. The van der Waals surface area contributed by atoms with Crippen molar-refractivity contribution < 1.29 is 23.5 Å². The van der Waals surface area contributed by atoms with Gasteiger partial charge >= 0.3 is 5.97 Å². The van der Waals surface area contributed by atoms with Gasteiger partial charge in [-0.1, -0.05) is 17.7 Å². The average Bonchev–Trinajstić information content (AvgIpc) is 2.58. The first-order chi connectivity index (χ1) is 11.5. The molecule has 0 unspecified atom stereocenters. The van der Waals surface area contributed by atoms with E-state index in [1.165, 1.54) is 25.3 Å². The van der Waals surface area contributed by atoms with Crippen molar-refractivity contribution in [3.05, 3.63) is 70.5 Å². The van der Waals surface area contributed by atoms with E-state index in [1.54, 1.807) is 30.3 Å². The van der Waals surface area contributed by atoms with E-state index in [2.05, 4.69) is 0 Å². The third-order valence-electron chi connectivity index (χ3n) is 3.10.